The Labute approximate surface area is 133 Å². The second-order valence-corrected chi connectivity index (χ2v) is 5.77. The molecule has 110 valence electrons. The topological polar surface area (TPSA) is 38.3 Å². The Hall–Kier alpha value is -1.81. The molecule has 2 aromatic rings. The van der Waals surface area contributed by atoms with Crippen molar-refractivity contribution < 1.29 is 9.53 Å². The van der Waals surface area contributed by atoms with Crippen LogP contribution in [-0.4, -0.2) is 13.1 Å². The molecule has 4 heteroatoms. The van der Waals surface area contributed by atoms with Crippen molar-refractivity contribution in [2.75, 3.05) is 12.4 Å². The zero-order chi connectivity index (χ0) is 15.4. The first kappa shape index (κ1) is 15.6. The number of ether oxygens (including phenoxy) is 1. The highest BCUT2D eigenvalue weighted by atomic mass is 79.9. The van der Waals surface area contributed by atoms with Crippen molar-refractivity contribution in [1.29, 1.82) is 0 Å². The molecule has 0 unspecified atom stereocenters. The third kappa shape index (κ3) is 3.64. The van der Waals surface area contributed by atoms with Crippen LogP contribution in [0.15, 0.2) is 40.9 Å². The minimum atomic E-state index is -0.329. The second-order valence-electron chi connectivity index (χ2n) is 4.92. The van der Waals surface area contributed by atoms with Gasteiger partial charge >= 0.3 is 5.97 Å². The summed E-state index contributed by atoms with van der Waals surface area (Å²) >= 11 is 3.51. The largest absolute Gasteiger partial charge is 0.465 e. The maximum Gasteiger partial charge on any atom is 0.337 e. The van der Waals surface area contributed by atoms with Gasteiger partial charge in [0.15, 0.2) is 0 Å². The first-order chi connectivity index (χ1) is 10.0. The molecule has 0 amide bonds. The fraction of sp³-hybridized carbons (Fsp3) is 0.235. The monoisotopic (exact) mass is 347 g/mol. The van der Waals surface area contributed by atoms with Crippen molar-refractivity contribution in [2.45, 2.75) is 20.4 Å². The Morgan fingerprint density at radius 3 is 2.43 bits per heavy atom. The third-order valence-corrected chi connectivity index (χ3v) is 4.15. The highest BCUT2D eigenvalue weighted by Crippen LogP contribution is 2.23. The van der Waals surface area contributed by atoms with Crippen LogP contribution in [0.4, 0.5) is 5.69 Å². The van der Waals surface area contributed by atoms with Gasteiger partial charge in [-0.15, -0.1) is 0 Å². The standard InChI is InChI=1S/C17H18BrNO2/c1-11-5-4-6-12(2)16(11)19-10-14-8-7-13(9-15(14)18)17(20)21-3/h4-9,19H,10H2,1-3H3. The Bertz CT molecular complexity index is 648. The number of hydrogen-bond acceptors (Lipinski definition) is 3. The van der Waals surface area contributed by atoms with Gasteiger partial charge in [-0.3, -0.25) is 0 Å². The number of rotatable bonds is 4. The summed E-state index contributed by atoms with van der Waals surface area (Å²) in [6.07, 6.45) is 0. The highest BCUT2D eigenvalue weighted by Gasteiger charge is 2.09. The minimum Gasteiger partial charge on any atom is -0.465 e. The van der Waals surface area contributed by atoms with Gasteiger partial charge < -0.3 is 10.1 Å². The summed E-state index contributed by atoms with van der Waals surface area (Å²) in [5.41, 5.74) is 5.22. The minimum absolute atomic E-state index is 0.329. The van der Waals surface area contributed by atoms with Crippen LogP contribution in [0.2, 0.25) is 0 Å². The molecule has 0 aliphatic rings. The van der Waals surface area contributed by atoms with Gasteiger partial charge in [0, 0.05) is 16.7 Å². The first-order valence-electron chi connectivity index (χ1n) is 6.69. The number of nitrogens with one attached hydrogen (secondary N) is 1. The molecular formula is C17H18BrNO2. The maximum atomic E-state index is 11.5. The van der Waals surface area contributed by atoms with E-state index in [-0.39, 0.29) is 5.97 Å². The molecule has 0 atom stereocenters. The van der Waals surface area contributed by atoms with Gasteiger partial charge in [0.05, 0.1) is 12.7 Å². The molecule has 3 nitrogen and oxygen atoms in total. The lowest BCUT2D eigenvalue weighted by Crippen LogP contribution is -2.05. The molecule has 0 bridgehead atoms. The van der Waals surface area contributed by atoms with Gasteiger partial charge in [-0.2, -0.15) is 0 Å². The molecule has 2 aromatic carbocycles. The number of anilines is 1. The summed E-state index contributed by atoms with van der Waals surface area (Å²) in [4.78, 5) is 11.5. The Morgan fingerprint density at radius 1 is 1.19 bits per heavy atom. The number of methoxy groups -OCH3 is 1. The summed E-state index contributed by atoms with van der Waals surface area (Å²) in [6.45, 7) is 4.86. The SMILES string of the molecule is COC(=O)c1ccc(CNc2c(C)cccc2C)c(Br)c1. The average molecular weight is 348 g/mol. The van der Waals surface area contributed by atoms with E-state index < -0.39 is 0 Å². The molecule has 0 saturated carbocycles. The predicted molar refractivity (Wildman–Crippen MR) is 88.7 cm³/mol. The van der Waals surface area contributed by atoms with Crippen molar-refractivity contribution in [3.63, 3.8) is 0 Å². The van der Waals surface area contributed by atoms with E-state index in [9.17, 15) is 4.79 Å². The third-order valence-electron chi connectivity index (χ3n) is 3.41. The van der Waals surface area contributed by atoms with Crippen LogP contribution in [0, 0.1) is 13.8 Å². The number of halogens is 1. The molecule has 0 saturated heterocycles. The lowest BCUT2D eigenvalue weighted by atomic mass is 10.1. The molecule has 1 N–H and O–H groups in total. The van der Waals surface area contributed by atoms with Crippen LogP contribution in [0.5, 0.6) is 0 Å². The van der Waals surface area contributed by atoms with E-state index in [0.717, 1.165) is 15.7 Å². The lowest BCUT2D eigenvalue weighted by molar-refractivity contribution is 0.0600. The van der Waals surface area contributed by atoms with Crippen LogP contribution in [0.3, 0.4) is 0 Å². The van der Waals surface area contributed by atoms with Crippen LogP contribution in [0.1, 0.15) is 27.0 Å². The number of hydrogen-bond donors (Lipinski definition) is 1. The van der Waals surface area contributed by atoms with Crippen molar-refractivity contribution >= 4 is 27.6 Å². The molecule has 0 heterocycles. The zero-order valence-corrected chi connectivity index (χ0v) is 14.0. The van der Waals surface area contributed by atoms with Crippen molar-refractivity contribution in [1.82, 2.24) is 0 Å². The lowest BCUT2D eigenvalue weighted by Gasteiger charge is -2.14. The fourth-order valence-corrected chi connectivity index (χ4v) is 2.73. The van der Waals surface area contributed by atoms with Gasteiger partial charge in [-0.1, -0.05) is 40.2 Å². The van der Waals surface area contributed by atoms with Crippen LogP contribution >= 0.6 is 15.9 Å². The number of para-hydroxylation sites is 1. The van der Waals surface area contributed by atoms with Crippen molar-refractivity contribution in [2.24, 2.45) is 0 Å². The first-order valence-corrected chi connectivity index (χ1v) is 7.49. The second kappa shape index (κ2) is 6.76. The number of esters is 1. The smallest absolute Gasteiger partial charge is 0.337 e. The number of aryl methyl sites for hydroxylation is 2. The van der Waals surface area contributed by atoms with Crippen molar-refractivity contribution in [3.8, 4) is 0 Å². The van der Waals surface area contributed by atoms with E-state index >= 15 is 0 Å². The molecule has 0 spiro atoms. The van der Waals surface area contributed by atoms with Crippen LogP contribution in [0.25, 0.3) is 0 Å². The average Bonchev–Trinajstić information content (AvgIpc) is 2.47. The Kier molecular flexibility index (Phi) is 5.02. The summed E-state index contributed by atoms with van der Waals surface area (Å²) in [6, 6.07) is 11.7. The molecule has 21 heavy (non-hydrogen) atoms. The van der Waals surface area contributed by atoms with Gasteiger partial charge in [-0.25, -0.2) is 4.79 Å². The van der Waals surface area contributed by atoms with E-state index in [2.05, 4.69) is 53.3 Å². The summed E-state index contributed by atoms with van der Waals surface area (Å²) in [5, 5.41) is 3.45. The normalized spacial score (nSPS) is 10.3. The molecule has 0 aliphatic heterocycles. The maximum absolute atomic E-state index is 11.5. The van der Waals surface area contributed by atoms with E-state index in [0.29, 0.717) is 12.1 Å². The van der Waals surface area contributed by atoms with Crippen LogP contribution < -0.4 is 5.32 Å². The quantitative estimate of drug-likeness (QED) is 0.829. The molecule has 0 fully saturated rings. The molecular weight excluding hydrogens is 330 g/mol. The van der Waals surface area contributed by atoms with E-state index in [4.69, 9.17) is 4.74 Å². The van der Waals surface area contributed by atoms with E-state index in [1.165, 1.54) is 18.2 Å². The summed E-state index contributed by atoms with van der Waals surface area (Å²) < 4.78 is 5.61. The number of carbonyl (C=O) groups is 1. The summed E-state index contributed by atoms with van der Waals surface area (Å²) in [7, 11) is 1.38. The van der Waals surface area contributed by atoms with E-state index in [1.54, 1.807) is 12.1 Å². The van der Waals surface area contributed by atoms with E-state index in [1.807, 2.05) is 6.07 Å². The van der Waals surface area contributed by atoms with Gasteiger partial charge in [0.2, 0.25) is 0 Å². The molecule has 0 radical (unpaired) electrons. The molecule has 0 aliphatic carbocycles. The van der Waals surface area contributed by atoms with Gasteiger partial charge in [-0.05, 0) is 42.7 Å². The summed E-state index contributed by atoms with van der Waals surface area (Å²) in [5.74, 6) is -0.329. The number of carbonyl (C=O) groups excluding carboxylic acids is 1. The van der Waals surface area contributed by atoms with Gasteiger partial charge in [0.25, 0.3) is 0 Å². The molecule has 2 rings (SSSR count). The van der Waals surface area contributed by atoms with Crippen molar-refractivity contribution in [3.05, 3.63) is 63.1 Å². The Balaban J connectivity index is 2.16. The molecule has 0 aromatic heterocycles. The predicted octanol–water partition coefficient (Wildman–Crippen LogP) is 4.46. The fourth-order valence-electron chi connectivity index (χ4n) is 2.21. The highest BCUT2D eigenvalue weighted by molar-refractivity contribution is 9.10. The number of benzene rings is 2. The van der Waals surface area contributed by atoms with Gasteiger partial charge in [0.1, 0.15) is 0 Å². The zero-order valence-electron chi connectivity index (χ0n) is 12.4. The Morgan fingerprint density at radius 2 is 1.86 bits per heavy atom. The van der Waals surface area contributed by atoms with Crippen LogP contribution in [-0.2, 0) is 11.3 Å².